The van der Waals surface area contributed by atoms with Crippen LogP contribution >= 0.6 is 7.82 Å². The number of phosphoric ester groups is 1. The molecule has 0 aromatic rings. The van der Waals surface area contributed by atoms with Crippen molar-refractivity contribution in [2.24, 2.45) is 5.73 Å². The second-order valence-electron chi connectivity index (χ2n) is 14.2. The van der Waals surface area contributed by atoms with Crippen molar-refractivity contribution < 1.29 is 32.8 Å². The number of phosphoric acid groups is 1. The van der Waals surface area contributed by atoms with Crippen LogP contribution in [0.4, 0.5) is 0 Å². The van der Waals surface area contributed by atoms with Crippen molar-refractivity contribution in [3.05, 3.63) is 0 Å². The SMILES string of the molecule is CCCCCCCCCCCCCCCCCCCC(=O)OC(COCCCCCCCCCCCCCCC)COP(=O)(O)OCCN. The molecule has 0 fully saturated rings. The average molecular weight is 720 g/mol. The highest BCUT2D eigenvalue weighted by Crippen LogP contribution is 2.43. The van der Waals surface area contributed by atoms with Crippen molar-refractivity contribution in [3.8, 4) is 0 Å². The van der Waals surface area contributed by atoms with E-state index in [1.807, 2.05) is 0 Å². The van der Waals surface area contributed by atoms with Crippen LogP contribution in [-0.4, -0.2) is 49.9 Å². The summed E-state index contributed by atoms with van der Waals surface area (Å²) in [5.74, 6) is -0.324. The number of ether oxygens (including phenoxy) is 2. The quantitative estimate of drug-likeness (QED) is 0.0364. The van der Waals surface area contributed by atoms with E-state index in [1.54, 1.807) is 0 Å². The van der Waals surface area contributed by atoms with E-state index in [9.17, 15) is 14.3 Å². The van der Waals surface area contributed by atoms with E-state index in [0.29, 0.717) is 13.0 Å². The maximum atomic E-state index is 12.6. The van der Waals surface area contributed by atoms with Gasteiger partial charge >= 0.3 is 13.8 Å². The van der Waals surface area contributed by atoms with E-state index in [0.717, 1.165) is 32.1 Å². The van der Waals surface area contributed by atoms with Crippen LogP contribution in [0.3, 0.4) is 0 Å². The number of unbranched alkanes of at least 4 members (excludes halogenated alkanes) is 28. The van der Waals surface area contributed by atoms with Gasteiger partial charge in [-0.3, -0.25) is 13.8 Å². The smallest absolute Gasteiger partial charge is 0.457 e. The highest BCUT2D eigenvalue weighted by atomic mass is 31.2. The molecule has 8 nitrogen and oxygen atoms in total. The number of hydrogen-bond acceptors (Lipinski definition) is 7. The van der Waals surface area contributed by atoms with E-state index in [4.69, 9.17) is 24.3 Å². The predicted molar refractivity (Wildman–Crippen MR) is 206 cm³/mol. The molecule has 0 aliphatic heterocycles. The molecule has 0 saturated carbocycles. The lowest BCUT2D eigenvalue weighted by molar-refractivity contribution is -0.154. The van der Waals surface area contributed by atoms with Gasteiger partial charge in [-0.15, -0.1) is 0 Å². The van der Waals surface area contributed by atoms with Gasteiger partial charge in [0.05, 0.1) is 19.8 Å². The fourth-order valence-corrected chi connectivity index (χ4v) is 6.94. The molecule has 3 N–H and O–H groups in total. The maximum Gasteiger partial charge on any atom is 0.472 e. The van der Waals surface area contributed by atoms with Gasteiger partial charge < -0.3 is 20.1 Å². The molecule has 294 valence electrons. The maximum absolute atomic E-state index is 12.6. The molecule has 0 bridgehead atoms. The van der Waals surface area contributed by atoms with E-state index in [1.165, 1.54) is 161 Å². The van der Waals surface area contributed by atoms with Crippen molar-refractivity contribution in [1.29, 1.82) is 0 Å². The summed E-state index contributed by atoms with van der Waals surface area (Å²) in [4.78, 5) is 22.4. The summed E-state index contributed by atoms with van der Waals surface area (Å²) >= 11 is 0. The van der Waals surface area contributed by atoms with Crippen molar-refractivity contribution >= 4 is 13.8 Å². The number of esters is 1. The molecule has 0 radical (unpaired) electrons. The second kappa shape index (κ2) is 38.7. The van der Waals surface area contributed by atoms with Crippen LogP contribution in [0.25, 0.3) is 0 Å². The van der Waals surface area contributed by atoms with Crippen LogP contribution in [0.15, 0.2) is 0 Å². The predicted octanol–water partition coefficient (Wildman–Crippen LogP) is 12.1. The Labute approximate surface area is 303 Å². The number of carbonyl (C=O) groups excluding carboxylic acids is 1. The Morgan fingerprint density at radius 3 is 1.29 bits per heavy atom. The van der Waals surface area contributed by atoms with E-state index in [-0.39, 0.29) is 32.3 Å². The zero-order chi connectivity index (χ0) is 35.9. The summed E-state index contributed by atoms with van der Waals surface area (Å²) in [7, 11) is -4.26. The number of rotatable bonds is 41. The molecule has 0 heterocycles. The van der Waals surface area contributed by atoms with E-state index < -0.39 is 13.9 Å². The summed E-state index contributed by atoms with van der Waals surface area (Å²) in [5, 5.41) is 0. The van der Waals surface area contributed by atoms with E-state index >= 15 is 0 Å². The molecule has 0 rings (SSSR count). The third-order valence-electron chi connectivity index (χ3n) is 9.27. The standard InChI is InChI=1S/C40H82NO7P/c1-3-5-7-9-11-13-15-17-18-19-20-21-23-25-27-29-31-33-40(42)48-39(38-47-49(43,44)46-36-34-41)37-45-35-32-30-28-26-24-22-16-14-12-10-8-6-4-2/h39H,3-38,41H2,1-2H3,(H,43,44). The number of carbonyl (C=O) groups is 1. The molecule has 0 saturated heterocycles. The minimum absolute atomic E-state index is 0.0902. The van der Waals surface area contributed by atoms with Crippen molar-refractivity contribution in [3.63, 3.8) is 0 Å². The summed E-state index contributed by atoms with van der Waals surface area (Å²) in [6, 6.07) is 0. The first-order valence-corrected chi connectivity index (χ1v) is 22.5. The van der Waals surface area contributed by atoms with Crippen LogP contribution in [-0.2, 0) is 27.9 Å². The zero-order valence-corrected chi connectivity index (χ0v) is 33.3. The molecule has 0 spiro atoms. The molecular formula is C40H82NO7P. The van der Waals surface area contributed by atoms with Gasteiger partial charge in [0.15, 0.2) is 0 Å². The largest absolute Gasteiger partial charge is 0.472 e. The Bertz CT molecular complexity index is 727. The molecule has 0 amide bonds. The highest BCUT2D eigenvalue weighted by molar-refractivity contribution is 7.47. The third kappa shape index (κ3) is 38.6. The van der Waals surface area contributed by atoms with Crippen LogP contribution in [0.1, 0.15) is 213 Å². The van der Waals surface area contributed by atoms with Gasteiger partial charge in [0, 0.05) is 19.6 Å². The molecule has 0 aromatic carbocycles. The summed E-state index contributed by atoms with van der Waals surface area (Å²) in [6.45, 7) is 4.97. The molecule has 2 atom stereocenters. The third-order valence-corrected chi connectivity index (χ3v) is 10.3. The van der Waals surface area contributed by atoms with Crippen LogP contribution < -0.4 is 5.73 Å². The van der Waals surface area contributed by atoms with Gasteiger partial charge in [-0.25, -0.2) is 4.57 Å². The molecule has 9 heteroatoms. The first-order valence-electron chi connectivity index (χ1n) is 21.0. The van der Waals surface area contributed by atoms with Crippen molar-refractivity contribution in [2.75, 3.05) is 33.0 Å². The van der Waals surface area contributed by atoms with Gasteiger partial charge in [-0.2, -0.15) is 0 Å². The number of nitrogens with two attached hydrogens (primary N) is 1. The fraction of sp³-hybridized carbons (Fsp3) is 0.975. The Kier molecular flexibility index (Phi) is 38.3. The first kappa shape index (κ1) is 48.5. The van der Waals surface area contributed by atoms with E-state index in [2.05, 4.69) is 13.8 Å². The van der Waals surface area contributed by atoms with Crippen LogP contribution in [0.2, 0.25) is 0 Å². The van der Waals surface area contributed by atoms with Crippen molar-refractivity contribution in [1.82, 2.24) is 0 Å². The minimum atomic E-state index is -4.26. The normalized spacial score (nSPS) is 13.5. The van der Waals surface area contributed by atoms with Gasteiger partial charge in [0.25, 0.3) is 0 Å². The Morgan fingerprint density at radius 2 is 0.898 bits per heavy atom. The zero-order valence-electron chi connectivity index (χ0n) is 32.5. The molecule has 0 aliphatic rings. The lowest BCUT2D eigenvalue weighted by atomic mass is 10.0. The van der Waals surface area contributed by atoms with Crippen molar-refractivity contribution in [2.45, 2.75) is 219 Å². The molecular weight excluding hydrogens is 637 g/mol. The van der Waals surface area contributed by atoms with Gasteiger partial charge in [-0.05, 0) is 12.8 Å². The lowest BCUT2D eigenvalue weighted by Gasteiger charge is -2.20. The number of hydrogen-bond donors (Lipinski definition) is 2. The fourth-order valence-electron chi connectivity index (χ4n) is 6.17. The average Bonchev–Trinajstić information content (AvgIpc) is 3.09. The van der Waals surface area contributed by atoms with Crippen LogP contribution in [0, 0.1) is 0 Å². The molecule has 0 aliphatic carbocycles. The molecule has 49 heavy (non-hydrogen) atoms. The second-order valence-corrected chi connectivity index (χ2v) is 15.7. The summed E-state index contributed by atoms with van der Waals surface area (Å²) in [5.41, 5.74) is 5.36. The minimum Gasteiger partial charge on any atom is -0.457 e. The van der Waals surface area contributed by atoms with Gasteiger partial charge in [0.1, 0.15) is 6.10 Å². The van der Waals surface area contributed by atoms with Gasteiger partial charge in [0.2, 0.25) is 0 Å². The lowest BCUT2D eigenvalue weighted by Crippen LogP contribution is -2.28. The van der Waals surface area contributed by atoms with Crippen LogP contribution in [0.5, 0.6) is 0 Å². The topological polar surface area (TPSA) is 117 Å². The van der Waals surface area contributed by atoms with Gasteiger partial charge in [-0.1, -0.05) is 194 Å². The Hall–Kier alpha value is -0.500. The summed E-state index contributed by atoms with van der Waals surface area (Å²) in [6.07, 6.45) is 38.2. The monoisotopic (exact) mass is 720 g/mol. The Morgan fingerprint density at radius 1 is 0.531 bits per heavy atom. The molecule has 0 aromatic heterocycles. The summed E-state index contributed by atoms with van der Waals surface area (Å²) < 4.78 is 33.4. The first-order chi connectivity index (χ1) is 23.9. The Balaban J connectivity index is 3.98. The highest BCUT2D eigenvalue weighted by Gasteiger charge is 2.25. The molecule has 2 unspecified atom stereocenters.